The van der Waals surface area contributed by atoms with E-state index in [0.717, 1.165) is 19.4 Å². The van der Waals surface area contributed by atoms with E-state index in [1.54, 1.807) is 0 Å². The summed E-state index contributed by atoms with van der Waals surface area (Å²) in [7, 11) is 1.37. The number of hydrogen-bond acceptors (Lipinski definition) is 4. The number of hydrogen-bond donors (Lipinski definition) is 1. The van der Waals surface area contributed by atoms with Crippen LogP contribution in [0.25, 0.3) is 0 Å². The third-order valence-corrected chi connectivity index (χ3v) is 4.00. The molecule has 1 aliphatic rings. The first kappa shape index (κ1) is 16.5. The number of rotatable bonds is 7. The maximum absolute atomic E-state index is 12.0. The summed E-state index contributed by atoms with van der Waals surface area (Å²) in [5, 5.41) is 2.87. The van der Waals surface area contributed by atoms with Crippen molar-refractivity contribution in [2.24, 2.45) is 0 Å². The summed E-state index contributed by atoms with van der Waals surface area (Å²) >= 11 is 0. The van der Waals surface area contributed by atoms with Crippen LogP contribution in [0.3, 0.4) is 0 Å². The van der Waals surface area contributed by atoms with Crippen molar-refractivity contribution in [3.63, 3.8) is 0 Å². The van der Waals surface area contributed by atoms with Crippen LogP contribution in [0.15, 0.2) is 30.3 Å². The first-order valence-corrected chi connectivity index (χ1v) is 7.83. The summed E-state index contributed by atoms with van der Waals surface area (Å²) in [6.07, 6.45) is 3.17. The third kappa shape index (κ3) is 4.84. The average molecular weight is 304 g/mol. The number of carbonyl (C=O) groups excluding carboxylic acids is 2. The number of esters is 1. The standard InChI is InChI=1S/C17H24N2O3/c1-22-17(21)10-5-11-18-16(20)13-19-12-6-9-15(19)14-7-3-2-4-8-14/h2-4,7-8,15H,5-6,9-13H2,1H3,(H,18,20). The summed E-state index contributed by atoms with van der Waals surface area (Å²) in [6.45, 7) is 1.88. The molecular formula is C17H24N2O3. The lowest BCUT2D eigenvalue weighted by molar-refractivity contribution is -0.140. The van der Waals surface area contributed by atoms with Crippen molar-refractivity contribution in [1.29, 1.82) is 0 Å². The van der Waals surface area contributed by atoms with Crippen LogP contribution in [0.1, 0.15) is 37.3 Å². The molecule has 1 heterocycles. The number of carbonyl (C=O) groups is 2. The van der Waals surface area contributed by atoms with Gasteiger partial charge in [-0.25, -0.2) is 0 Å². The van der Waals surface area contributed by atoms with Crippen molar-refractivity contribution in [1.82, 2.24) is 10.2 Å². The smallest absolute Gasteiger partial charge is 0.305 e. The van der Waals surface area contributed by atoms with Gasteiger partial charge in [-0.15, -0.1) is 0 Å². The summed E-state index contributed by atoms with van der Waals surface area (Å²) in [4.78, 5) is 25.2. The molecule has 1 saturated heterocycles. The lowest BCUT2D eigenvalue weighted by Gasteiger charge is -2.24. The molecule has 1 aromatic rings. The van der Waals surface area contributed by atoms with Crippen LogP contribution in [0, 0.1) is 0 Å². The van der Waals surface area contributed by atoms with Crippen molar-refractivity contribution in [3.05, 3.63) is 35.9 Å². The number of benzene rings is 1. The van der Waals surface area contributed by atoms with Gasteiger partial charge in [-0.3, -0.25) is 14.5 Å². The van der Waals surface area contributed by atoms with Gasteiger partial charge in [-0.05, 0) is 31.4 Å². The minimum atomic E-state index is -0.238. The van der Waals surface area contributed by atoms with E-state index in [0.29, 0.717) is 32.0 Å². The molecule has 5 heteroatoms. The van der Waals surface area contributed by atoms with Crippen LogP contribution in [0.2, 0.25) is 0 Å². The molecule has 1 fully saturated rings. The molecule has 0 saturated carbocycles. The van der Waals surface area contributed by atoms with Gasteiger partial charge in [-0.2, -0.15) is 0 Å². The van der Waals surface area contributed by atoms with Crippen molar-refractivity contribution in [2.45, 2.75) is 31.7 Å². The summed E-state index contributed by atoms with van der Waals surface area (Å²) in [6, 6.07) is 10.7. The number of ether oxygens (including phenoxy) is 1. The number of nitrogens with one attached hydrogen (secondary N) is 1. The molecule has 1 N–H and O–H groups in total. The normalized spacial score (nSPS) is 18.1. The van der Waals surface area contributed by atoms with Crippen LogP contribution >= 0.6 is 0 Å². The highest BCUT2D eigenvalue weighted by molar-refractivity contribution is 5.78. The quantitative estimate of drug-likeness (QED) is 0.617. The molecule has 0 radical (unpaired) electrons. The van der Waals surface area contributed by atoms with E-state index in [-0.39, 0.29) is 11.9 Å². The SMILES string of the molecule is COC(=O)CCCNC(=O)CN1CCCC1c1ccccc1. The van der Waals surface area contributed by atoms with Crippen LogP contribution in [0.5, 0.6) is 0 Å². The molecule has 0 aromatic heterocycles. The Kier molecular flexibility index (Phi) is 6.40. The van der Waals surface area contributed by atoms with Crippen molar-refractivity contribution in [3.8, 4) is 0 Å². The van der Waals surface area contributed by atoms with Crippen LogP contribution in [-0.2, 0) is 14.3 Å². The van der Waals surface area contributed by atoms with E-state index in [9.17, 15) is 9.59 Å². The molecule has 1 unspecified atom stereocenters. The zero-order valence-electron chi connectivity index (χ0n) is 13.1. The van der Waals surface area contributed by atoms with Gasteiger partial charge in [0.1, 0.15) is 0 Å². The number of nitrogens with zero attached hydrogens (tertiary/aromatic N) is 1. The van der Waals surface area contributed by atoms with E-state index in [1.165, 1.54) is 12.7 Å². The Morgan fingerprint density at radius 3 is 2.82 bits per heavy atom. The van der Waals surface area contributed by atoms with E-state index >= 15 is 0 Å². The predicted molar refractivity (Wildman–Crippen MR) is 84.2 cm³/mol. The molecule has 0 aliphatic carbocycles. The fourth-order valence-corrected chi connectivity index (χ4v) is 2.87. The largest absolute Gasteiger partial charge is 0.469 e. The minimum Gasteiger partial charge on any atom is -0.469 e. The zero-order chi connectivity index (χ0) is 15.8. The number of methoxy groups -OCH3 is 1. The van der Waals surface area contributed by atoms with Crippen molar-refractivity contribution in [2.75, 3.05) is 26.7 Å². The van der Waals surface area contributed by atoms with Gasteiger partial charge in [0.2, 0.25) is 5.91 Å². The van der Waals surface area contributed by atoms with E-state index in [2.05, 4.69) is 27.1 Å². The van der Waals surface area contributed by atoms with Gasteiger partial charge in [0.05, 0.1) is 13.7 Å². The molecular weight excluding hydrogens is 280 g/mol. The third-order valence-electron chi connectivity index (χ3n) is 4.00. The molecule has 5 nitrogen and oxygen atoms in total. The monoisotopic (exact) mass is 304 g/mol. The van der Waals surface area contributed by atoms with Gasteiger partial charge >= 0.3 is 5.97 Å². The lowest BCUT2D eigenvalue weighted by Crippen LogP contribution is -2.37. The van der Waals surface area contributed by atoms with Crippen LogP contribution < -0.4 is 5.32 Å². The van der Waals surface area contributed by atoms with Gasteiger partial charge < -0.3 is 10.1 Å². The first-order valence-electron chi connectivity index (χ1n) is 7.83. The Morgan fingerprint density at radius 2 is 2.09 bits per heavy atom. The summed E-state index contributed by atoms with van der Waals surface area (Å²) in [5.74, 6) is -0.217. The second kappa shape index (κ2) is 8.54. The molecule has 1 amide bonds. The Bertz CT molecular complexity index is 490. The van der Waals surface area contributed by atoms with Gasteiger partial charge in [0.15, 0.2) is 0 Å². The molecule has 2 rings (SSSR count). The highest BCUT2D eigenvalue weighted by atomic mass is 16.5. The van der Waals surface area contributed by atoms with Crippen molar-refractivity contribution >= 4 is 11.9 Å². The van der Waals surface area contributed by atoms with Gasteiger partial charge in [0, 0.05) is 19.0 Å². The predicted octanol–water partition coefficient (Wildman–Crippen LogP) is 1.89. The molecule has 0 bridgehead atoms. The second-order valence-electron chi connectivity index (χ2n) is 5.57. The zero-order valence-corrected chi connectivity index (χ0v) is 13.1. The maximum Gasteiger partial charge on any atom is 0.305 e. The fourth-order valence-electron chi connectivity index (χ4n) is 2.87. The Labute approximate surface area is 131 Å². The van der Waals surface area contributed by atoms with E-state index in [4.69, 9.17) is 0 Å². The Morgan fingerprint density at radius 1 is 1.32 bits per heavy atom. The van der Waals surface area contributed by atoms with E-state index < -0.39 is 0 Å². The fraction of sp³-hybridized carbons (Fsp3) is 0.529. The highest BCUT2D eigenvalue weighted by Gasteiger charge is 2.27. The molecule has 1 aliphatic heterocycles. The second-order valence-corrected chi connectivity index (χ2v) is 5.57. The topological polar surface area (TPSA) is 58.6 Å². The van der Waals surface area contributed by atoms with E-state index in [1.807, 2.05) is 18.2 Å². The molecule has 120 valence electrons. The average Bonchev–Trinajstić information content (AvgIpc) is 3.00. The Balaban J connectivity index is 1.75. The molecule has 1 atom stereocenters. The minimum absolute atomic E-state index is 0.0210. The van der Waals surface area contributed by atoms with Crippen molar-refractivity contribution < 1.29 is 14.3 Å². The van der Waals surface area contributed by atoms with Gasteiger partial charge in [-0.1, -0.05) is 30.3 Å². The van der Waals surface area contributed by atoms with Crippen LogP contribution in [0.4, 0.5) is 0 Å². The summed E-state index contributed by atoms with van der Waals surface area (Å²) in [5.41, 5.74) is 1.28. The number of amides is 1. The molecule has 0 spiro atoms. The molecule has 1 aromatic carbocycles. The summed E-state index contributed by atoms with van der Waals surface area (Å²) < 4.78 is 4.57. The van der Waals surface area contributed by atoms with Crippen LogP contribution in [-0.4, -0.2) is 43.5 Å². The highest BCUT2D eigenvalue weighted by Crippen LogP contribution is 2.31. The lowest BCUT2D eigenvalue weighted by atomic mass is 10.0. The Hall–Kier alpha value is -1.88. The number of likely N-dealkylation sites (tertiary alicyclic amines) is 1. The van der Waals surface area contributed by atoms with Gasteiger partial charge in [0.25, 0.3) is 0 Å². The molecule has 22 heavy (non-hydrogen) atoms. The maximum atomic E-state index is 12.0. The first-order chi connectivity index (χ1) is 10.7.